The molecule has 0 atom stereocenters. The fraction of sp³-hybridized carbons (Fsp3) is 0.562. The van der Waals surface area contributed by atoms with E-state index >= 15 is 0 Å². The summed E-state index contributed by atoms with van der Waals surface area (Å²) in [6.07, 6.45) is 2.02. The summed E-state index contributed by atoms with van der Waals surface area (Å²) < 4.78 is 37.6. The van der Waals surface area contributed by atoms with Crippen molar-refractivity contribution in [1.82, 2.24) is 4.31 Å². The molecule has 140 valence electrons. The van der Waals surface area contributed by atoms with Gasteiger partial charge in [0.15, 0.2) is 0 Å². The summed E-state index contributed by atoms with van der Waals surface area (Å²) in [5.41, 5.74) is 5.37. The van der Waals surface area contributed by atoms with Crippen molar-refractivity contribution in [2.75, 3.05) is 33.4 Å². The highest BCUT2D eigenvalue weighted by atomic mass is 35.5. The molecule has 0 amide bonds. The zero-order chi connectivity index (χ0) is 18.4. The van der Waals surface area contributed by atoms with Crippen LogP contribution in [0.1, 0.15) is 29.6 Å². The Morgan fingerprint density at radius 2 is 2.04 bits per heavy atom. The van der Waals surface area contributed by atoms with Gasteiger partial charge in [-0.15, -0.1) is 0 Å². The minimum Gasteiger partial charge on any atom is -0.465 e. The van der Waals surface area contributed by atoms with Crippen molar-refractivity contribution in [3.63, 3.8) is 0 Å². The highest BCUT2D eigenvalue weighted by Gasteiger charge is 2.32. The first kappa shape index (κ1) is 20.1. The molecule has 1 aliphatic rings. The SMILES string of the molecule is COC(=O)c1cc(Cl)ccc1S(=O)(=O)N1CCC(OCCCN)CC1. The van der Waals surface area contributed by atoms with E-state index in [0.717, 1.165) is 6.42 Å². The van der Waals surface area contributed by atoms with Crippen LogP contribution in [0.25, 0.3) is 0 Å². The summed E-state index contributed by atoms with van der Waals surface area (Å²) in [7, 11) is -2.62. The lowest BCUT2D eigenvalue weighted by atomic mass is 10.1. The van der Waals surface area contributed by atoms with Gasteiger partial charge in [-0.1, -0.05) is 11.6 Å². The smallest absolute Gasteiger partial charge is 0.339 e. The molecular formula is C16H23ClN2O5S. The van der Waals surface area contributed by atoms with Gasteiger partial charge in [0.05, 0.1) is 23.7 Å². The van der Waals surface area contributed by atoms with Crippen LogP contribution in [0, 0.1) is 0 Å². The van der Waals surface area contributed by atoms with Gasteiger partial charge in [-0.25, -0.2) is 13.2 Å². The van der Waals surface area contributed by atoms with E-state index in [2.05, 4.69) is 4.74 Å². The number of carbonyl (C=O) groups is 1. The first-order valence-electron chi connectivity index (χ1n) is 8.10. The Balaban J connectivity index is 2.14. The lowest BCUT2D eigenvalue weighted by molar-refractivity contribution is 0.0208. The predicted molar refractivity (Wildman–Crippen MR) is 94.2 cm³/mol. The van der Waals surface area contributed by atoms with E-state index in [-0.39, 0.29) is 21.6 Å². The van der Waals surface area contributed by atoms with Crippen molar-refractivity contribution in [2.45, 2.75) is 30.3 Å². The molecule has 1 aromatic rings. The van der Waals surface area contributed by atoms with Gasteiger partial charge in [0.1, 0.15) is 0 Å². The molecule has 1 saturated heterocycles. The summed E-state index contributed by atoms with van der Waals surface area (Å²) >= 11 is 5.89. The molecule has 0 spiro atoms. The van der Waals surface area contributed by atoms with Gasteiger partial charge in [0.2, 0.25) is 10.0 Å². The molecule has 0 bridgehead atoms. The second-order valence-corrected chi connectivity index (χ2v) is 8.09. The molecule has 1 aromatic carbocycles. The monoisotopic (exact) mass is 390 g/mol. The van der Waals surface area contributed by atoms with E-state index in [1.165, 1.54) is 29.6 Å². The maximum absolute atomic E-state index is 12.9. The lowest BCUT2D eigenvalue weighted by Crippen LogP contribution is -2.41. The van der Waals surface area contributed by atoms with Crippen LogP contribution in [-0.4, -0.2) is 58.1 Å². The van der Waals surface area contributed by atoms with Crippen molar-refractivity contribution in [2.24, 2.45) is 5.73 Å². The van der Waals surface area contributed by atoms with Crippen LogP contribution in [0.15, 0.2) is 23.1 Å². The first-order chi connectivity index (χ1) is 11.9. The van der Waals surface area contributed by atoms with E-state index in [1.807, 2.05) is 0 Å². The van der Waals surface area contributed by atoms with Gasteiger partial charge < -0.3 is 15.2 Å². The van der Waals surface area contributed by atoms with Gasteiger partial charge in [0, 0.05) is 24.7 Å². The predicted octanol–water partition coefficient (Wildman–Crippen LogP) is 1.65. The van der Waals surface area contributed by atoms with Crippen molar-refractivity contribution in [1.29, 1.82) is 0 Å². The Kier molecular flexibility index (Phi) is 7.21. The van der Waals surface area contributed by atoms with E-state index in [1.54, 1.807) is 0 Å². The van der Waals surface area contributed by atoms with Crippen LogP contribution in [0.4, 0.5) is 0 Å². The number of esters is 1. The van der Waals surface area contributed by atoms with Crippen LogP contribution in [0.2, 0.25) is 5.02 Å². The number of methoxy groups -OCH3 is 1. The zero-order valence-corrected chi connectivity index (χ0v) is 15.7. The fourth-order valence-electron chi connectivity index (χ4n) is 2.71. The van der Waals surface area contributed by atoms with Crippen LogP contribution in [-0.2, 0) is 19.5 Å². The number of nitrogens with zero attached hydrogens (tertiary/aromatic N) is 1. The highest BCUT2D eigenvalue weighted by Crippen LogP contribution is 2.27. The van der Waals surface area contributed by atoms with Crippen LogP contribution in [0.3, 0.4) is 0 Å². The normalized spacial score (nSPS) is 16.8. The van der Waals surface area contributed by atoms with Crippen LogP contribution < -0.4 is 5.73 Å². The molecule has 1 heterocycles. The van der Waals surface area contributed by atoms with Gasteiger partial charge in [-0.3, -0.25) is 0 Å². The summed E-state index contributed by atoms with van der Waals surface area (Å²) in [5.74, 6) is -0.735. The maximum atomic E-state index is 12.9. The van der Waals surface area contributed by atoms with E-state index in [9.17, 15) is 13.2 Å². The van der Waals surface area contributed by atoms with Crippen molar-refractivity contribution < 1.29 is 22.7 Å². The Morgan fingerprint density at radius 1 is 1.36 bits per heavy atom. The second-order valence-electron chi connectivity index (χ2n) is 5.75. The Bertz CT molecular complexity index is 702. The van der Waals surface area contributed by atoms with E-state index in [0.29, 0.717) is 39.1 Å². The Labute approximate surface area is 153 Å². The molecule has 9 heteroatoms. The number of rotatable bonds is 7. The zero-order valence-electron chi connectivity index (χ0n) is 14.1. The number of halogens is 1. The second kappa shape index (κ2) is 8.95. The molecule has 1 fully saturated rings. The number of hydrogen-bond acceptors (Lipinski definition) is 6. The third-order valence-corrected chi connectivity index (χ3v) is 6.26. The topological polar surface area (TPSA) is 98.9 Å². The Hall–Kier alpha value is -1.19. The lowest BCUT2D eigenvalue weighted by Gasteiger charge is -2.31. The molecule has 0 unspecified atom stereocenters. The molecule has 25 heavy (non-hydrogen) atoms. The summed E-state index contributed by atoms with van der Waals surface area (Å²) in [4.78, 5) is 11.8. The first-order valence-corrected chi connectivity index (χ1v) is 9.91. The third-order valence-electron chi connectivity index (χ3n) is 4.07. The van der Waals surface area contributed by atoms with Crippen LogP contribution in [0.5, 0.6) is 0 Å². The average molecular weight is 391 g/mol. The molecule has 0 aromatic heterocycles. The summed E-state index contributed by atoms with van der Waals surface area (Å²) in [5, 5.41) is 0.270. The average Bonchev–Trinajstić information content (AvgIpc) is 2.61. The standard InChI is InChI=1S/C16H23ClN2O5S/c1-23-16(20)14-11-12(17)3-4-15(14)25(21,22)19-8-5-13(6-9-19)24-10-2-7-18/h3-4,11,13H,2,5-10,18H2,1H3. The van der Waals surface area contributed by atoms with Gasteiger partial charge >= 0.3 is 5.97 Å². The quantitative estimate of drug-likeness (QED) is 0.561. The van der Waals surface area contributed by atoms with Gasteiger partial charge in [-0.2, -0.15) is 4.31 Å². The van der Waals surface area contributed by atoms with Crippen molar-refractivity contribution >= 4 is 27.6 Å². The number of carbonyl (C=O) groups excluding carboxylic acids is 1. The number of ether oxygens (including phenoxy) is 2. The van der Waals surface area contributed by atoms with Crippen LogP contribution >= 0.6 is 11.6 Å². The van der Waals surface area contributed by atoms with E-state index in [4.69, 9.17) is 22.1 Å². The van der Waals surface area contributed by atoms with Crippen molar-refractivity contribution in [3.05, 3.63) is 28.8 Å². The van der Waals surface area contributed by atoms with Gasteiger partial charge in [-0.05, 0) is 44.0 Å². The number of piperidine rings is 1. The molecule has 0 saturated carbocycles. The molecular weight excluding hydrogens is 368 g/mol. The molecule has 0 aliphatic carbocycles. The number of sulfonamides is 1. The minimum absolute atomic E-state index is 0.0308. The minimum atomic E-state index is -3.81. The molecule has 2 rings (SSSR count). The Morgan fingerprint density at radius 3 is 2.64 bits per heavy atom. The van der Waals surface area contributed by atoms with Gasteiger partial charge in [0.25, 0.3) is 0 Å². The fourth-order valence-corrected chi connectivity index (χ4v) is 4.51. The third kappa shape index (κ3) is 4.92. The number of benzene rings is 1. The largest absolute Gasteiger partial charge is 0.465 e. The highest BCUT2D eigenvalue weighted by molar-refractivity contribution is 7.89. The maximum Gasteiger partial charge on any atom is 0.339 e. The summed E-state index contributed by atoms with van der Waals surface area (Å²) in [6, 6.07) is 4.10. The van der Waals surface area contributed by atoms with E-state index < -0.39 is 16.0 Å². The molecule has 0 radical (unpaired) electrons. The molecule has 1 aliphatic heterocycles. The number of hydrogen-bond donors (Lipinski definition) is 1. The molecule has 2 N–H and O–H groups in total. The summed E-state index contributed by atoms with van der Waals surface area (Å²) in [6.45, 7) is 1.81. The van der Waals surface area contributed by atoms with Crippen molar-refractivity contribution in [3.8, 4) is 0 Å². The molecule has 7 nitrogen and oxygen atoms in total. The number of nitrogens with two attached hydrogens (primary N) is 1.